The van der Waals surface area contributed by atoms with Crippen molar-refractivity contribution in [3.05, 3.63) is 100 Å². The Morgan fingerprint density at radius 2 is 1.89 bits per heavy atom. The van der Waals surface area contributed by atoms with E-state index in [2.05, 4.69) is 32.5 Å². The molecule has 0 spiro atoms. The summed E-state index contributed by atoms with van der Waals surface area (Å²) in [5.74, 6) is 0.0594. The second-order valence-electron chi connectivity index (χ2n) is 8.37. The predicted molar refractivity (Wildman–Crippen MR) is 131 cm³/mol. The maximum atomic E-state index is 14.6. The molecule has 5 rings (SSSR count). The Hall–Kier alpha value is -4.40. The fraction of sp³-hybridized carbons (Fsp3) is 0.192. The van der Waals surface area contributed by atoms with Gasteiger partial charge in [-0.25, -0.2) is 9.18 Å². The molecule has 0 amide bonds. The van der Waals surface area contributed by atoms with Crippen molar-refractivity contribution in [3.8, 4) is 28.2 Å². The Labute approximate surface area is 201 Å². The molecule has 9 heteroatoms. The molecule has 5 aromatic rings. The van der Waals surface area contributed by atoms with Crippen molar-refractivity contribution in [2.24, 2.45) is 0 Å². The van der Waals surface area contributed by atoms with E-state index < -0.39 is 5.82 Å². The van der Waals surface area contributed by atoms with Crippen LogP contribution in [0.25, 0.3) is 28.2 Å². The van der Waals surface area contributed by atoms with E-state index in [0.717, 1.165) is 40.8 Å². The van der Waals surface area contributed by atoms with E-state index >= 15 is 0 Å². The van der Waals surface area contributed by atoms with Crippen LogP contribution in [0.4, 0.5) is 4.39 Å². The minimum absolute atomic E-state index is 0.251. The predicted octanol–water partition coefficient (Wildman–Crippen LogP) is 4.33. The van der Waals surface area contributed by atoms with Crippen LogP contribution in [0, 0.1) is 12.7 Å². The molecule has 0 unspecified atom stereocenters. The maximum absolute atomic E-state index is 14.6. The van der Waals surface area contributed by atoms with Crippen molar-refractivity contribution >= 4 is 0 Å². The molecule has 2 aromatic carbocycles. The van der Waals surface area contributed by atoms with E-state index in [0.29, 0.717) is 23.6 Å². The highest BCUT2D eigenvalue weighted by molar-refractivity contribution is 5.79. The van der Waals surface area contributed by atoms with Crippen LogP contribution in [0.15, 0.2) is 71.9 Å². The zero-order valence-electron chi connectivity index (χ0n) is 19.4. The minimum Gasteiger partial charge on any atom is -0.292 e. The highest BCUT2D eigenvalue weighted by Crippen LogP contribution is 2.29. The zero-order valence-corrected chi connectivity index (χ0v) is 19.4. The van der Waals surface area contributed by atoms with Crippen molar-refractivity contribution in [2.75, 3.05) is 0 Å². The molecule has 3 aromatic heterocycles. The van der Waals surface area contributed by atoms with Gasteiger partial charge in [0.05, 0.1) is 12.2 Å². The van der Waals surface area contributed by atoms with Crippen LogP contribution in [0.3, 0.4) is 0 Å². The summed E-state index contributed by atoms with van der Waals surface area (Å²) < 4.78 is 17.8. The van der Waals surface area contributed by atoms with E-state index in [1.54, 1.807) is 29.2 Å². The van der Waals surface area contributed by atoms with E-state index in [-0.39, 0.29) is 5.69 Å². The number of aromatic nitrogens is 7. The van der Waals surface area contributed by atoms with Gasteiger partial charge in [-0.3, -0.25) is 14.1 Å². The largest absolute Gasteiger partial charge is 0.333 e. The number of hydrogen-bond donors (Lipinski definition) is 1. The van der Waals surface area contributed by atoms with Crippen molar-refractivity contribution in [1.82, 2.24) is 34.7 Å². The Morgan fingerprint density at radius 3 is 2.60 bits per heavy atom. The Kier molecular flexibility index (Phi) is 6.05. The smallest absolute Gasteiger partial charge is 0.292 e. The molecule has 0 aliphatic heterocycles. The fourth-order valence-corrected chi connectivity index (χ4v) is 4.31. The van der Waals surface area contributed by atoms with Crippen molar-refractivity contribution in [2.45, 2.75) is 33.2 Å². The molecule has 0 aliphatic carbocycles. The van der Waals surface area contributed by atoms with Crippen molar-refractivity contribution in [3.63, 3.8) is 0 Å². The number of nitrogens with one attached hydrogen (secondary N) is 1. The number of H-pyrrole nitrogens is 1. The number of aryl methyl sites for hydroxylation is 2. The lowest BCUT2D eigenvalue weighted by molar-refractivity contribution is 0.611. The lowest BCUT2D eigenvalue weighted by atomic mass is 10.00. The average molecular weight is 470 g/mol. The molecule has 35 heavy (non-hydrogen) atoms. The van der Waals surface area contributed by atoms with Crippen LogP contribution in [0.5, 0.6) is 0 Å². The minimum atomic E-state index is -0.411. The number of hydrogen-bond acceptors (Lipinski definition) is 5. The van der Waals surface area contributed by atoms with Gasteiger partial charge in [-0.05, 0) is 52.9 Å². The van der Waals surface area contributed by atoms with Crippen molar-refractivity contribution < 1.29 is 4.39 Å². The number of imidazole rings is 1. The van der Waals surface area contributed by atoms with Gasteiger partial charge in [0.25, 0.3) is 0 Å². The Balaban J connectivity index is 1.49. The first-order valence-electron chi connectivity index (χ1n) is 11.4. The third-order valence-corrected chi connectivity index (χ3v) is 6.01. The summed E-state index contributed by atoms with van der Waals surface area (Å²) in [7, 11) is 0. The average Bonchev–Trinajstić information content (AvgIpc) is 3.50. The molecule has 0 bridgehead atoms. The van der Waals surface area contributed by atoms with Crippen LogP contribution < -0.4 is 5.69 Å². The third-order valence-electron chi connectivity index (χ3n) is 6.01. The monoisotopic (exact) mass is 469 g/mol. The standard InChI is InChI=1S/C26H24FN7O/c1-3-5-20-16-34(24-17(2)6-4-7-23(24)27)26(35)33(20)15-18-8-10-19(11-9-18)21-12-13-28-14-22(21)25-29-31-32-30-25/h4,6-14,16H,3,5,15H2,1-2H3,(H,29,30,31,32). The molecule has 0 atom stereocenters. The second-order valence-corrected chi connectivity index (χ2v) is 8.37. The summed E-state index contributed by atoms with van der Waals surface area (Å²) in [4.78, 5) is 17.6. The summed E-state index contributed by atoms with van der Waals surface area (Å²) in [6, 6.07) is 14.7. The van der Waals surface area contributed by atoms with Gasteiger partial charge in [-0.15, -0.1) is 10.2 Å². The SMILES string of the molecule is CCCc1cn(-c2c(C)cccc2F)c(=O)n1Cc1ccc(-c2ccncc2-c2nn[nH]n2)cc1. The van der Waals surface area contributed by atoms with Gasteiger partial charge in [0.15, 0.2) is 0 Å². The number of nitrogens with zero attached hydrogens (tertiary/aromatic N) is 6. The van der Waals surface area contributed by atoms with Gasteiger partial charge in [0.2, 0.25) is 5.82 Å². The first-order chi connectivity index (χ1) is 17.1. The summed E-state index contributed by atoms with van der Waals surface area (Å²) in [6.07, 6.45) is 6.78. The second kappa shape index (κ2) is 9.46. The first-order valence-corrected chi connectivity index (χ1v) is 11.4. The number of pyridine rings is 1. The zero-order chi connectivity index (χ0) is 24.4. The highest BCUT2D eigenvalue weighted by Gasteiger charge is 2.17. The molecule has 0 fully saturated rings. The summed E-state index contributed by atoms with van der Waals surface area (Å²) in [6.45, 7) is 4.26. The number of halogens is 1. The Bertz CT molecular complexity index is 1500. The number of rotatable bonds is 7. The van der Waals surface area contributed by atoms with E-state index in [4.69, 9.17) is 0 Å². The lowest BCUT2D eigenvalue weighted by Gasteiger charge is -2.10. The van der Waals surface area contributed by atoms with Gasteiger partial charge in [0.1, 0.15) is 5.82 Å². The first kappa shape index (κ1) is 22.4. The van der Waals surface area contributed by atoms with Gasteiger partial charge >= 0.3 is 5.69 Å². The Morgan fingerprint density at radius 1 is 1.06 bits per heavy atom. The molecule has 8 nitrogen and oxygen atoms in total. The number of para-hydroxylation sites is 1. The lowest BCUT2D eigenvalue weighted by Crippen LogP contribution is -2.25. The van der Waals surface area contributed by atoms with Gasteiger partial charge in [-0.1, -0.05) is 49.7 Å². The molecule has 1 N–H and O–H groups in total. The molecule has 0 aliphatic rings. The van der Waals surface area contributed by atoms with E-state index in [1.165, 1.54) is 10.6 Å². The number of tetrazole rings is 1. The van der Waals surface area contributed by atoms with Gasteiger partial charge < -0.3 is 0 Å². The molecule has 0 radical (unpaired) electrons. The fourth-order valence-electron chi connectivity index (χ4n) is 4.31. The van der Waals surface area contributed by atoms with Crippen LogP contribution in [-0.4, -0.2) is 34.7 Å². The summed E-state index contributed by atoms with van der Waals surface area (Å²) >= 11 is 0. The van der Waals surface area contributed by atoms with Crippen LogP contribution in [-0.2, 0) is 13.0 Å². The van der Waals surface area contributed by atoms with Crippen LogP contribution >= 0.6 is 0 Å². The van der Waals surface area contributed by atoms with Crippen molar-refractivity contribution in [1.29, 1.82) is 0 Å². The highest BCUT2D eigenvalue weighted by atomic mass is 19.1. The summed E-state index contributed by atoms with van der Waals surface area (Å²) in [5.41, 5.74) is 5.27. The molecule has 3 heterocycles. The molecule has 0 saturated carbocycles. The molecular formula is C26H24FN7O. The van der Waals surface area contributed by atoms with E-state index in [9.17, 15) is 9.18 Å². The normalized spacial score (nSPS) is 11.2. The van der Waals surface area contributed by atoms with E-state index in [1.807, 2.05) is 43.3 Å². The number of benzene rings is 2. The van der Waals surface area contributed by atoms with Gasteiger partial charge in [-0.2, -0.15) is 5.21 Å². The molecular weight excluding hydrogens is 445 g/mol. The molecule has 176 valence electrons. The maximum Gasteiger partial charge on any atom is 0.333 e. The van der Waals surface area contributed by atoms with Crippen LogP contribution in [0.1, 0.15) is 30.2 Å². The quantitative estimate of drug-likeness (QED) is 0.383. The number of aromatic amines is 1. The van der Waals surface area contributed by atoms with Gasteiger partial charge in [0, 0.05) is 29.8 Å². The van der Waals surface area contributed by atoms with Crippen LogP contribution in [0.2, 0.25) is 0 Å². The topological polar surface area (TPSA) is 94.3 Å². The molecule has 0 saturated heterocycles. The third kappa shape index (κ3) is 4.28. The summed E-state index contributed by atoms with van der Waals surface area (Å²) in [5, 5.41) is 14.2.